The van der Waals surface area contributed by atoms with Gasteiger partial charge < -0.3 is 10.6 Å². The molecule has 142 valence electrons. The van der Waals surface area contributed by atoms with Crippen molar-refractivity contribution < 1.29 is 9.59 Å². The minimum Gasteiger partial charge on any atom is -0.345 e. The second kappa shape index (κ2) is 8.95. The molecule has 3 rings (SSSR count). The van der Waals surface area contributed by atoms with E-state index < -0.39 is 0 Å². The Balaban J connectivity index is 1.61. The van der Waals surface area contributed by atoms with E-state index in [2.05, 4.69) is 15.6 Å². The lowest BCUT2D eigenvalue weighted by molar-refractivity contribution is 0.0923. The number of benzene rings is 2. The summed E-state index contributed by atoms with van der Waals surface area (Å²) in [5.74, 6) is -0.505. The van der Waals surface area contributed by atoms with Crippen LogP contribution in [-0.4, -0.2) is 16.8 Å². The van der Waals surface area contributed by atoms with E-state index in [-0.39, 0.29) is 29.6 Å². The molecule has 0 aliphatic rings. The van der Waals surface area contributed by atoms with Gasteiger partial charge in [-0.2, -0.15) is 0 Å². The lowest BCUT2D eigenvalue weighted by Crippen LogP contribution is -2.28. The van der Waals surface area contributed by atoms with Crippen LogP contribution in [0.2, 0.25) is 0 Å². The summed E-state index contributed by atoms with van der Waals surface area (Å²) in [5.41, 5.74) is 2.72. The van der Waals surface area contributed by atoms with Crippen molar-refractivity contribution in [1.82, 2.24) is 15.6 Å². The van der Waals surface area contributed by atoms with Gasteiger partial charge in [0.25, 0.3) is 11.8 Å². The van der Waals surface area contributed by atoms with Gasteiger partial charge in [0.15, 0.2) is 0 Å². The highest BCUT2D eigenvalue weighted by Gasteiger charge is 2.15. The maximum Gasteiger partial charge on any atom is 0.270 e. The van der Waals surface area contributed by atoms with E-state index in [9.17, 15) is 9.59 Å². The molecular formula is C23H23N3O2. The number of aromatic nitrogens is 1. The highest BCUT2D eigenvalue weighted by Crippen LogP contribution is 2.14. The van der Waals surface area contributed by atoms with Gasteiger partial charge in [0, 0.05) is 6.20 Å². The topological polar surface area (TPSA) is 71.1 Å². The molecule has 1 aromatic heterocycles. The zero-order chi connectivity index (χ0) is 19.9. The van der Waals surface area contributed by atoms with Gasteiger partial charge in [0.2, 0.25) is 0 Å². The fourth-order valence-electron chi connectivity index (χ4n) is 2.86. The number of rotatable bonds is 6. The molecule has 5 nitrogen and oxygen atoms in total. The fourth-order valence-corrected chi connectivity index (χ4v) is 2.86. The number of amides is 2. The Bertz CT molecular complexity index is 847. The molecule has 1 heterocycles. The van der Waals surface area contributed by atoms with E-state index in [1.807, 2.05) is 74.5 Å². The SMILES string of the molecule is C[C@H](NC(=O)c1ccc(C(=O)N[C@@H](C)c2ccccc2)nc1)c1ccccc1. The molecule has 0 radical (unpaired) electrons. The van der Waals surface area contributed by atoms with E-state index >= 15 is 0 Å². The predicted molar refractivity (Wildman–Crippen MR) is 109 cm³/mol. The maximum absolute atomic E-state index is 12.4. The molecular weight excluding hydrogens is 350 g/mol. The lowest BCUT2D eigenvalue weighted by atomic mass is 10.1. The van der Waals surface area contributed by atoms with Gasteiger partial charge in [-0.3, -0.25) is 14.6 Å². The van der Waals surface area contributed by atoms with Crippen molar-refractivity contribution in [1.29, 1.82) is 0 Å². The van der Waals surface area contributed by atoms with Gasteiger partial charge in [-0.1, -0.05) is 60.7 Å². The van der Waals surface area contributed by atoms with Crippen molar-refractivity contribution in [2.75, 3.05) is 0 Å². The first-order chi connectivity index (χ1) is 13.5. The molecule has 3 aromatic rings. The quantitative estimate of drug-likeness (QED) is 0.684. The van der Waals surface area contributed by atoms with Gasteiger partial charge in [0.1, 0.15) is 5.69 Å². The third-order valence-electron chi connectivity index (χ3n) is 4.55. The van der Waals surface area contributed by atoms with Gasteiger partial charge in [-0.15, -0.1) is 0 Å². The second-order valence-electron chi connectivity index (χ2n) is 6.64. The van der Waals surface area contributed by atoms with E-state index in [4.69, 9.17) is 0 Å². The molecule has 5 heteroatoms. The zero-order valence-electron chi connectivity index (χ0n) is 15.9. The average Bonchev–Trinajstić information content (AvgIpc) is 2.75. The number of hydrogen-bond acceptors (Lipinski definition) is 3. The van der Waals surface area contributed by atoms with Crippen molar-refractivity contribution in [2.45, 2.75) is 25.9 Å². The first-order valence-electron chi connectivity index (χ1n) is 9.22. The van der Waals surface area contributed by atoms with E-state index in [0.29, 0.717) is 5.56 Å². The largest absolute Gasteiger partial charge is 0.345 e. The molecule has 2 atom stereocenters. The summed E-state index contributed by atoms with van der Waals surface area (Å²) >= 11 is 0. The predicted octanol–water partition coefficient (Wildman–Crippen LogP) is 4.06. The number of hydrogen-bond donors (Lipinski definition) is 2. The standard InChI is InChI=1S/C23H23N3O2/c1-16(18-9-5-3-6-10-18)25-22(27)20-13-14-21(24-15-20)23(28)26-17(2)19-11-7-4-8-12-19/h3-17H,1-2H3,(H,25,27)(H,26,28)/t16-,17-/m0/s1. The van der Waals surface area contributed by atoms with Crippen LogP contribution in [0.4, 0.5) is 0 Å². The first-order valence-corrected chi connectivity index (χ1v) is 9.22. The Morgan fingerprint density at radius 2 is 1.21 bits per heavy atom. The van der Waals surface area contributed by atoms with Crippen molar-refractivity contribution >= 4 is 11.8 Å². The smallest absolute Gasteiger partial charge is 0.270 e. The van der Waals surface area contributed by atoms with Crippen LogP contribution in [0, 0.1) is 0 Å². The molecule has 0 aliphatic heterocycles. The number of nitrogens with zero attached hydrogens (tertiary/aromatic N) is 1. The van der Waals surface area contributed by atoms with Crippen molar-refractivity contribution in [3.05, 3.63) is 101 Å². The van der Waals surface area contributed by atoms with E-state index in [1.165, 1.54) is 6.20 Å². The normalized spacial score (nSPS) is 12.6. The Kier molecular flexibility index (Phi) is 6.17. The van der Waals surface area contributed by atoms with Gasteiger partial charge in [-0.25, -0.2) is 0 Å². The summed E-state index contributed by atoms with van der Waals surface area (Å²) in [6.45, 7) is 3.84. The Labute approximate surface area is 164 Å². The Hall–Kier alpha value is -3.47. The third kappa shape index (κ3) is 4.82. The number of nitrogens with one attached hydrogen (secondary N) is 2. The summed E-state index contributed by atoms with van der Waals surface area (Å²) in [4.78, 5) is 29.0. The summed E-state index contributed by atoms with van der Waals surface area (Å²) in [6.07, 6.45) is 1.43. The summed E-state index contributed by atoms with van der Waals surface area (Å²) in [5, 5.41) is 5.85. The zero-order valence-corrected chi connectivity index (χ0v) is 15.9. The van der Waals surface area contributed by atoms with Crippen LogP contribution >= 0.6 is 0 Å². The molecule has 0 unspecified atom stereocenters. The molecule has 2 N–H and O–H groups in total. The minimum atomic E-state index is -0.277. The maximum atomic E-state index is 12.4. The highest BCUT2D eigenvalue weighted by molar-refractivity contribution is 5.96. The van der Waals surface area contributed by atoms with Gasteiger partial charge in [-0.05, 0) is 37.1 Å². The van der Waals surface area contributed by atoms with Gasteiger partial charge in [0.05, 0.1) is 17.6 Å². The summed E-state index contributed by atoms with van der Waals surface area (Å²) in [7, 11) is 0. The molecule has 0 fully saturated rings. The van der Waals surface area contributed by atoms with Crippen LogP contribution in [0.1, 0.15) is 57.9 Å². The molecule has 0 aliphatic carbocycles. The van der Waals surface area contributed by atoms with Crippen LogP contribution in [0.25, 0.3) is 0 Å². The highest BCUT2D eigenvalue weighted by atomic mass is 16.2. The monoisotopic (exact) mass is 373 g/mol. The van der Waals surface area contributed by atoms with Crippen LogP contribution in [-0.2, 0) is 0 Å². The number of pyridine rings is 1. The second-order valence-corrected chi connectivity index (χ2v) is 6.64. The number of carbonyl (C=O) groups excluding carboxylic acids is 2. The Morgan fingerprint density at radius 3 is 1.68 bits per heavy atom. The number of carbonyl (C=O) groups is 2. The lowest BCUT2D eigenvalue weighted by Gasteiger charge is -2.15. The van der Waals surface area contributed by atoms with E-state index in [1.54, 1.807) is 12.1 Å². The Morgan fingerprint density at radius 1 is 0.714 bits per heavy atom. The molecule has 28 heavy (non-hydrogen) atoms. The fraction of sp³-hybridized carbons (Fsp3) is 0.174. The van der Waals surface area contributed by atoms with E-state index in [0.717, 1.165) is 11.1 Å². The van der Waals surface area contributed by atoms with Crippen LogP contribution in [0.3, 0.4) is 0 Å². The molecule has 0 saturated carbocycles. The van der Waals surface area contributed by atoms with Crippen LogP contribution < -0.4 is 10.6 Å². The van der Waals surface area contributed by atoms with Crippen molar-refractivity contribution in [3.63, 3.8) is 0 Å². The van der Waals surface area contributed by atoms with Crippen molar-refractivity contribution in [2.24, 2.45) is 0 Å². The third-order valence-corrected chi connectivity index (χ3v) is 4.55. The molecule has 0 saturated heterocycles. The summed E-state index contributed by atoms with van der Waals surface area (Å²) in [6, 6.07) is 22.4. The molecule has 0 spiro atoms. The van der Waals surface area contributed by atoms with Crippen molar-refractivity contribution in [3.8, 4) is 0 Å². The minimum absolute atomic E-state index is 0.122. The average molecular weight is 373 g/mol. The van der Waals surface area contributed by atoms with Crippen LogP contribution in [0.15, 0.2) is 79.0 Å². The molecule has 2 amide bonds. The van der Waals surface area contributed by atoms with Crippen LogP contribution in [0.5, 0.6) is 0 Å². The first kappa shape index (κ1) is 19.3. The summed E-state index contributed by atoms with van der Waals surface area (Å²) < 4.78 is 0. The molecule has 0 bridgehead atoms. The molecule has 2 aromatic carbocycles. The van der Waals surface area contributed by atoms with Gasteiger partial charge >= 0.3 is 0 Å².